The number of aryl methyl sites for hydroxylation is 1. The Bertz CT molecular complexity index is 1390. The Morgan fingerprint density at radius 3 is 2.30 bits per heavy atom. The number of halogens is 3. The minimum absolute atomic E-state index is 0.00368. The van der Waals surface area contributed by atoms with Crippen LogP contribution in [0.1, 0.15) is 43.4 Å². The molecule has 40 heavy (non-hydrogen) atoms. The summed E-state index contributed by atoms with van der Waals surface area (Å²) in [5.41, 5.74) is 0.655. The second-order valence-electron chi connectivity index (χ2n) is 8.70. The summed E-state index contributed by atoms with van der Waals surface area (Å²) < 4.78 is 83.7. The summed E-state index contributed by atoms with van der Waals surface area (Å²) in [4.78, 5) is 16.5. The van der Waals surface area contributed by atoms with Crippen molar-refractivity contribution in [1.82, 2.24) is 13.6 Å². The number of nitrogens with zero attached hydrogens (tertiary/aromatic N) is 3. The first kappa shape index (κ1) is 31.1. The maximum atomic E-state index is 13.2. The van der Waals surface area contributed by atoms with Gasteiger partial charge in [0.05, 0.1) is 12.2 Å². The molecule has 0 radical (unpaired) electrons. The zero-order chi connectivity index (χ0) is 29.5. The molecule has 1 heterocycles. The van der Waals surface area contributed by atoms with Crippen LogP contribution in [0, 0.1) is 6.92 Å². The van der Waals surface area contributed by atoms with E-state index >= 15 is 0 Å². The van der Waals surface area contributed by atoms with Crippen LogP contribution in [-0.2, 0) is 39.1 Å². The lowest BCUT2D eigenvalue weighted by atomic mass is 10.1. The van der Waals surface area contributed by atoms with Crippen molar-refractivity contribution in [3.05, 3.63) is 71.1 Å². The molecule has 0 atom stereocenters. The normalized spacial score (nSPS) is 12.2. The fourth-order valence-corrected chi connectivity index (χ4v) is 5.42. The molecule has 0 unspecified atom stereocenters. The van der Waals surface area contributed by atoms with Crippen LogP contribution in [0.25, 0.3) is 11.5 Å². The Kier molecular flexibility index (Phi) is 10.3. The maximum absolute atomic E-state index is 13.2. The predicted molar refractivity (Wildman–Crippen MR) is 141 cm³/mol. The number of benzene rings is 2. The van der Waals surface area contributed by atoms with Crippen LogP contribution in [0.5, 0.6) is 5.75 Å². The molecule has 0 fully saturated rings. The molecule has 3 aromatic rings. The van der Waals surface area contributed by atoms with Crippen molar-refractivity contribution in [1.29, 1.82) is 0 Å². The van der Waals surface area contributed by atoms with Gasteiger partial charge in [0, 0.05) is 25.2 Å². The van der Waals surface area contributed by atoms with Gasteiger partial charge >= 0.3 is 12.1 Å². The first-order valence-corrected chi connectivity index (χ1v) is 14.0. The van der Waals surface area contributed by atoms with Crippen LogP contribution < -0.4 is 4.74 Å². The van der Waals surface area contributed by atoms with E-state index in [0.717, 1.165) is 16.4 Å². The molecule has 9 nitrogen and oxygen atoms in total. The lowest BCUT2D eigenvalue weighted by Gasteiger charge is -2.28. The van der Waals surface area contributed by atoms with Gasteiger partial charge in [-0.3, -0.25) is 4.79 Å². The molecular formula is C27H32F3N3O6S. The summed E-state index contributed by atoms with van der Waals surface area (Å²) >= 11 is 0. The molecule has 218 valence electrons. The van der Waals surface area contributed by atoms with E-state index in [-0.39, 0.29) is 38.7 Å². The number of alkyl halides is 3. The molecular weight excluding hydrogens is 551 g/mol. The molecule has 0 spiro atoms. The van der Waals surface area contributed by atoms with E-state index in [0.29, 0.717) is 28.3 Å². The average molecular weight is 584 g/mol. The fraction of sp³-hybridized carbons (Fsp3) is 0.407. The Labute approximate surface area is 231 Å². The highest BCUT2D eigenvalue weighted by atomic mass is 32.2. The number of carbonyl (C=O) groups is 1. The monoisotopic (exact) mass is 583 g/mol. The highest BCUT2D eigenvalue weighted by Crippen LogP contribution is 2.31. The third kappa shape index (κ3) is 7.83. The van der Waals surface area contributed by atoms with Gasteiger partial charge in [0.1, 0.15) is 30.4 Å². The first-order chi connectivity index (χ1) is 18.9. The van der Waals surface area contributed by atoms with Crippen molar-refractivity contribution in [3.63, 3.8) is 0 Å². The topological polar surface area (TPSA) is 102 Å². The predicted octanol–water partition coefficient (Wildman–Crippen LogP) is 5.20. The number of rotatable bonds is 13. The lowest BCUT2D eigenvalue weighted by Crippen LogP contribution is -2.45. The van der Waals surface area contributed by atoms with E-state index < -0.39 is 34.5 Å². The Hall–Kier alpha value is -3.42. The van der Waals surface area contributed by atoms with Gasteiger partial charge in [0.15, 0.2) is 0 Å². The van der Waals surface area contributed by atoms with E-state index in [1.54, 1.807) is 52.0 Å². The molecule has 0 aliphatic heterocycles. The second-order valence-corrected chi connectivity index (χ2v) is 10.6. The van der Waals surface area contributed by atoms with Gasteiger partial charge in [0.2, 0.25) is 5.89 Å². The number of carbonyl (C=O) groups excluding carboxylic acids is 1. The Morgan fingerprint density at radius 2 is 1.70 bits per heavy atom. The Balaban J connectivity index is 1.75. The average Bonchev–Trinajstić information content (AvgIpc) is 3.28. The van der Waals surface area contributed by atoms with Crippen molar-refractivity contribution < 1.29 is 40.3 Å². The number of aromatic nitrogens is 1. The van der Waals surface area contributed by atoms with E-state index in [4.69, 9.17) is 13.9 Å². The van der Waals surface area contributed by atoms with Crippen molar-refractivity contribution in [3.8, 4) is 17.2 Å². The van der Waals surface area contributed by atoms with Crippen molar-refractivity contribution in [2.24, 2.45) is 0 Å². The molecule has 0 saturated heterocycles. The van der Waals surface area contributed by atoms with Crippen LogP contribution in [-0.4, -0.2) is 54.2 Å². The smallest absolute Gasteiger partial charge is 0.416 e. The van der Waals surface area contributed by atoms with Crippen LogP contribution in [0.15, 0.2) is 52.9 Å². The maximum Gasteiger partial charge on any atom is 0.416 e. The van der Waals surface area contributed by atoms with Crippen molar-refractivity contribution >= 4 is 16.2 Å². The molecule has 3 rings (SSSR count). The number of oxazole rings is 1. The van der Waals surface area contributed by atoms with Crippen LogP contribution in [0.4, 0.5) is 13.2 Å². The summed E-state index contributed by atoms with van der Waals surface area (Å²) in [5.74, 6) is 0.370. The molecule has 0 saturated carbocycles. The summed E-state index contributed by atoms with van der Waals surface area (Å²) in [6.07, 6.45) is -4.44. The van der Waals surface area contributed by atoms with E-state index in [2.05, 4.69) is 4.98 Å². The van der Waals surface area contributed by atoms with Crippen LogP contribution in [0.3, 0.4) is 0 Å². The summed E-state index contributed by atoms with van der Waals surface area (Å²) in [6.45, 7) is 6.83. The van der Waals surface area contributed by atoms with E-state index in [1.165, 1.54) is 16.4 Å². The van der Waals surface area contributed by atoms with Crippen molar-refractivity contribution in [2.75, 3.05) is 26.2 Å². The van der Waals surface area contributed by atoms with E-state index in [1.807, 2.05) is 0 Å². The largest absolute Gasteiger partial charge is 0.487 e. The number of esters is 1. The molecule has 2 aromatic carbocycles. The van der Waals surface area contributed by atoms with Crippen LogP contribution >= 0.6 is 0 Å². The molecule has 0 amide bonds. The van der Waals surface area contributed by atoms with Gasteiger partial charge < -0.3 is 13.9 Å². The highest BCUT2D eigenvalue weighted by molar-refractivity contribution is 7.86. The molecule has 0 N–H and O–H groups in total. The minimum Gasteiger partial charge on any atom is -0.487 e. The van der Waals surface area contributed by atoms with Gasteiger partial charge in [-0.15, -0.1) is 0 Å². The molecule has 0 bridgehead atoms. The zero-order valence-corrected chi connectivity index (χ0v) is 23.5. The molecule has 1 aromatic heterocycles. The van der Waals surface area contributed by atoms with Gasteiger partial charge in [-0.2, -0.15) is 30.2 Å². The van der Waals surface area contributed by atoms with E-state index in [9.17, 15) is 26.4 Å². The second kappa shape index (κ2) is 13.3. The highest BCUT2D eigenvalue weighted by Gasteiger charge is 2.31. The molecule has 0 aliphatic rings. The standard InChI is InChI=1S/C27H32F3N3O6S/c1-5-32(6-2)40(35,36)33(17-25(34)37-7-3)16-20-9-8-10-23(15-20)38-18-24-19(4)39-26(31-24)21-11-13-22(14-12-21)27(28,29)30/h8-15H,5-7,16-18H2,1-4H3. The summed E-state index contributed by atoms with van der Waals surface area (Å²) in [5, 5.41) is 0. The number of hydrogen-bond acceptors (Lipinski definition) is 7. The molecule has 0 aliphatic carbocycles. The summed E-state index contributed by atoms with van der Waals surface area (Å²) in [7, 11) is -3.94. The third-order valence-electron chi connectivity index (χ3n) is 5.95. The molecule has 13 heteroatoms. The van der Waals surface area contributed by atoms with Gasteiger partial charge in [-0.05, 0) is 55.8 Å². The fourth-order valence-electron chi connectivity index (χ4n) is 3.86. The van der Waals surface area contributed by atoms with Gasteiger partial charge in [-0.25, -0.2) is 4.98 Å². The quantitative estimate of drug-likeness (QED) is 0.255. The Morgan fingerprint density at radius 1 is 1.02 bits per heavy atom. The minimum atomic E-state index is -4.44. The first-order valence-electron chi connectivity index (χ1n) is 12.7. The van der Waals surface area contributed by atoms with Gasteiger partial charge in [-0.1, -0.05) is 26.0 Å². The number of ether oxygens (including phenoxy) is 2. The van der Waals surface area contributed by atoms with Gasteiger partial charge in [0.25, 0.3) is 10.2 Å². The lowest BCUT2D eigenvalue weighted by molar-refractivity contribution is -0.143. The number of hydrogen-bond donors (Lipinski definition) is 0. The SMILES string of the molecule is CCOC(=O)CN(Cc1cccc(OCc2nc(-c3ccc(C(F)(F)F)cc3)oc2C)c1)S(=O)(=O)N(CC)CC. The summed E-state index contributed by atoms with van der Waals surface area (Å²) in [6, 6.07) is 11.2. The zero-order valence-electron chi connectivity index (χ0n) is 22.7. The third-order valence-corrected chi connectivity index (χ3v) is 8.03. The van der Waals surface area contributed by atoms with Crippen molar-refractivity contribution in [2.45, 2.75) is 47.0 Å². The van der Waals surface area contributed by atoms with Crippen LogP contribution in [0.2, 0.25) is 0 Å².